The topological polar surface area (TPSA) is 125 Å². The number of nitrogens with one attached hydrogen (secondary N) is 2. The SMILES string of the molecule is COc1ccc(Cl)c(-c2cc(C)c3[nH+]c(Nc4ccc(S(=O)(=O)C5CCN(C(=O)OCc6ccccc6)CC5)cc4)nnc3c2)c1. The molecule has 10 nitrogen and oxygen atoms in total. The van der Waals surface area contributed by atoms with Gasteiger partial charge < -0.3 is 14.4 Å². The minimum atomic E-state index is -3.58. The Morgan fingerprint density at radius 2 is 1.74 bits per heavy atom. The number of amides is 1. The number of aryl methyl sites for hydroxylation is 1. The molecule has 46 heavy (non-hydrogen) atoms. The van der Waals surface area contributed by atoms with Crippen LogP contribution in [0.3, 0.4) is 0 Å². The van der Waals surface area contributed by atoms with Crippen molar-refractivity contribution in [2.24, 2.45) is 0 Å². The fourth-order valence-corrected chi connectivity index (χ4v) is 7.50. The first kappa shape index (κ1) is 31.3. The van der Waals surface area contributed by atoms with Gasteiger partial charge in [-0.3, -0.25) is 0 Å². The lowest BCUT2D eigenvalue weighted by molar-refractivity contribution is -0.332. The Kier molecular flexibility index (Phi) is 9.05. The van der Waals surface area contributed by atoms with Crippen LogP contribution in [0.1, 0.15) is 24.0 Å². The van der Waals surface area contributed by atoms with E-state index in [1.165, 1.54) is 0 Å². The summed E-state index contributed by atoms with van der Waals surface area (Å²) in [5.41, 5.74) is 5.68. The van der Waals surface area contributed by atoms with Crippen LogP contribution in [0.25, 0.3) is 22.2 Å². The van der Waals surface area contributed by atoms with E-state index in [0.29, 0.717) is 53.9 Å². The van der Waals surface area contributed by atoms with Gasteiger partial charge in [0.25, 0.3) is 0 Å². The maximum Gasteiger partial charge on any atom is 0.417 e. The van der Waals surface area contributed by atoms with E-state index in [1.54, 1.807) is 42.3 Å². The number of fused-ring (bicyclic) bond motifs is 1. The minimum absolute atomic E-state index is 0.182. The van der Waals surface area contributed by atoms with Gasteiger partial charge in [-0.15, -0.1) is 0 Å². The number of aromatic amines is 1. The van der Waals surface area contributed by atoms with Gasteiger partial charge in [-0.25, -0.2) is 23.5 Å². The molecule has 12 heteroatoms. The predicted octanol–water partition coefficient (Wildman–Crippen LogP) is 6.40. The quantitative estimate of drug-likeness (QED) is 0.203. The van der Waals surface area contributed by atoms with E-state index in [4.69, 9.17) is 21.1 Å². The smallest absolute Gasteiger partial charge is 0.417 e. The third-order valence-electron chi connectivity index (χ3n) is 8.09. The average Bonchev–Trinajstić information content (AvgIpc) is 3.08. The number of carbonyl (C=O) groups is 1. The summed E-state index contributed by atoms with van der Waals surface area (Å²) in [5.74, 6) is 1.11. The van der Waals surface area contributed by atoms with E-state index in [1.807, 2.05) is 61.5 Å². The van der Waals surface area contributed by atoms with Crippen molar-refractivity contribution >= 4 is 50.2 Å². The highest BCUT2D eigenvalue weighted by Gasteiger charge is 2.33. The Morgan fingerprint density at radius 3 is 2.46 bits per heavy atom. The molecule has 236 valence electrons. The lowest BCUT2D eigenvalue weighted by Gasteiger charge is -2.31. The maximum absolute atomic E-state index is 13.4. The van der Waals surface area contributed by atoms with Crippen molar-refractivity contribution in [1.29, 1.82) is 0 Å². The van der Waals surface area contributed by atoms with Crippen molar-refractivity contribution < 1.29 is 27.7 Å². The first-order valence-electron chi connectivity index (χ1n) is 14.8. The van der Waals surface area contributed by atoms with Crippen LogP contribution in [0, 0.1) is 6.92 Å². The molecule has 5 aromatic rings. The van der Waals surface area contributed by atoms with E-state index in [0.717, 1.165) is 27.8 Å². The number of H-pyrrole nitrogens is 1. The van der Waals surface area contributed by atoms with Crippen molar-refractivity contribution in [2.75, 3.05) is 25.5 Å². The van der Waals surface area contributed by atoms with Crippen LogP contribution in [0.4, 0.5) is 16.4 Å². The number of piperidine rings is 1. The second kappa shape index (κ2) is 13.3. The van der Waals surface area contributed by atoms with Gasteiger partial charge in [0.15, 0.2) is 9.84 Å². The number of nitrogens with zero attached hydrogens (tertiary/aromatic N) is 3. The Balaban J connectivity index is 1.09. The summed E-state index contributed by atoms with van der Waals surface area (Å²) in [7, 11) is -1.97. The highest BCUT2D eigenvalue weighted by Crippen LogP contribution is 2.33. The van der Waals surface area contributed by atoms with Crippen molar-refractivity contribution in [3.63, 3.8) is 0 Å². The second-order valence-electron chi connectivity index (χ2n) is 11.1. The van der Waals surface area contributed by atoms with Gasteiger partial charge in [0, 0.05) is 28.8 Å². The van der Waals surface area contributed by atoms with Crippen LogP contribution in [0.5, 0.6) is 5.75 Å². The molecule has 0 radical (unpaired) electrons. The molecule has 1 saturated heterocycles. The zero-order chi connectivity index (χ0) is 32.3. The van der Waals surface area contributed by atoms with Crippen molar-refractivity contribution in [3.8, 4) is 16.9 Å². The summed E-state index contributed by atoms with van der Waals surface area (Å²) >= 11 is 6.47. The number of sulfone groups is 1. The average molecular weight is 659 g/mol. The number of ether oxygens (including phenoxy) is 2. The third kappa shape index (κ3) is 6.75. The molecule has 2 N–H and O–H groups in total. The lowest BCUT2D eigenvalue weighted by Crippen LogP contribution is -2.42. The molecule has 0 unspecified atom stereocenters. The standard InChI is InChI=1S/C34H32ClN5O5S/c1-22-18-24(29-20-26(44-2)10-13-30(29)35)19-31-32(22)37-33(39-38-31)36-25-8-11-27(12-9-25)46(42,43)28-14-16-40(17-15-28)34(41)45-21-23-6-4-3-5-7-23/h3-13,18-20,28H,14-17,21H2,1-2H3,(H,36,37,39)/p+1. The summed E-state index contributed by atoms with van der Waals surface area (Å²) in [4.78, 5) is 17.6. The van der Waals surface area contributed by atoms with Gasteiger partial charge in [-0.05, 0) is 91.1 Å². The molecule has 1 aliphatic heterocycles. The molecule has 1 aromatic heterocycles. The zero-order valence-electron chi connectivity index (χ0n) is 25.4. The first-order chi connectivity index (χ1) is 22.2. The normalized spacial score (nSPS) is 13.8. The monoisotopic (exact) mass is 658 g/mol. The molecular weight excluding hydrogens is 626 g/mol. The Hall–Kier alpha value is -4.74. The van der Waals surface area contributed by atoms with Gasteiger partial charge in [-0.1, -0.05) is 47.0 Å². The van der Waals surface area contributed by atoms with Crippen molar-refractivity contribution in [2.45, 2.75) is 36.5 Å². The zero-order valence-corrected chi connectivity index (χ0v) is 26.9. The van der Waals surface area contributed by atoms with Crippen LogP contribution >= 0.6 is 11.6 Å². The second-order valence-corrected chi connectivity index (χ2v) is 13.8. The number of carbonyl (C=O) groups excluding carboxylic acids is 1. The Labute approximate surface area is 272 Å². The van der Waals surface area contributed by atoms with Crippen LogP contribution in [0.2, 0.25) is 5.02 Å². The number of aromatic nitrogens is 3. The number of halogens is 1. The molecule has 1 fully saturated rings. The number of benzene rings is 4. The largest absolute Gasteiger partial charge is 0.497 e. The summed E-state index contributed by atoms with van der Waals surface area (Å²) in [5, 5.41) is 11.9. The number of anilines is 2. The summed E-state index contributed by atoms with van der Waals surface area (Å²) in [6, 6.07) is 25.4. The van der Waals surface area contributed by atoms with Crippen LogP contribution in [0.15, 0.2) is 89.8 Å². The molecule has 0 atom stereocenters. The van der Waals surface area contributed by atoms with Crippen LogP contribution < -0.4 is 15.0 Å². The van der Waals surface area contributed by atoms with Crippen molar-refractivity contribution in [1.82, 2.24) is 15.1 Å². The summed E-state index contributed by atoms with van der Waals surface area (Å²) < 4.78 is 37.6. The molecule has 6 rings (SSSR count). The lowest BCUT2D eigenvalue weighted by atomic mass is 10.0. The van der Waals surface area contributed by atoms with Crippen LogP contribution in [-0.2, 0) is 21.2 Å². The van der Waals surface area contributed by atoms with E-state index < -0.39 is 21.2 Å². The number of rotatable bonds is 8. The van der Waals surface area contributed by atoms with Gasteiger partial charge >= 0.3 is 12.0 Å². The number of hydrogen-bond acceptors (Lipinski definition) is 8. The molecule has 0 spiro atoms. The van der Waals surface area contributed by atoms with Gasteiger partial charge in [0.05, 0.1) is 22.9 Å². The third-order valence-corrected chi connectivity index (χ3v) is 10.7. The molecule has 0 aliphatic carbocycles. The fraction of sp³-hybridized carbons (Fsp3) is 0.235. The van der Waals surface area contributed by atoms with E-state index in [-0.39, 0.29) is 11.5 Å². The highest BCUT2D eigenvalue weighted by molar-refractivity contribution is 7.92. The van der Waals surface area contributed by atoms with E-state index in [2.05, 4.69) is 20.5 Å². The van der Waals surface area contributed by atoms with E-state index in [9.17, 15) is 13.2 Å². The van der Waals surface area contributed by atoms with Gasteiger partial charge in [-0.2, -0.15) is 0 Å². The van der Waals surface area contributed by atoms with Gasteiger partial charge in [0.1, 0.15) is 23.4 Å². The van der Waals surface area contributed by atoms with E-state index >= 15 is 0 Å². The number of hydrogen-bond donors (Lipinski definition) is 1. The molecule has 0 bridgehead atoms. The first-order valence-corrected chi connectivity index (χ1v) is 16.7. The Morgan fingerprint density at radius 1 is 1.00 bits per heavy atom. The molecule has 1 aliphatic rings. The molecular formula is C34H33ClN5O5S+. The summed E-state index contributed by atoms with van der Waals surface area (Å²) in [6.07, 6.45) is 0.256. The summed E-state index contributed by atoms with van der Waals surface area (Å²) in [6.45, 7) is 2.79. The van der Waals surface area contributed by atoms with Crippen LogP contribution in [-0.4, -0.2) is 55.1 Å². The minimum Gasteiger partial charge on any atom is -0.497 e. The molecule has 2 heterocycles. The highest BCUT2D eigenvalue weighted by atomic mass is 35.5. The molecule has 4 aromatic carbocycles. The van der Waals surface area contributed by atoms with Gasteiger partial charge in [0.2, 0.25) is 0 Å². The Bertz CT molecular complexity index is 1980. The molecule has 1 amide bonds. The number of likely N-dealkylation sites (tertiary alicyclic amines) is 1. The predicted molar refractivity (Wildman–Crippen MR) is 176 cm³/mol. The maximum atomic E-state index is 13.4. The number of methoxy groups -OCH3 is 1. The molecule has 0 saturated carbocycles. The van der Waals surface area contributed by atoms with Crippen molar-refractivity contribution in [3.05, 3.63) is 101 Å². The fourth-order valence-electron chi connectivity index (χ4n) is 5.54.